The molecule has 13 heavy (non-hydrogen) atoms. The van der Waals surface area contributed by atoms with Crippen LogP contribution in [0.3, 0.4) is 0 Å². The van der Waals surface area contributed by atoms with Crippen LogP contribution in [0.25, 0.3) is 0 Å². The molecule has 0 saturated carbocycles. The Balaban J connectivity index is 4.15. The first-order valence-electron chi connectivity index (χ1n) is 5.08. The van der Waals surface area contributed by atoms with Gasteiger partial charge in [0.25, 0.3) is 0 Å². The van der Waals surface area contributed by atoms with E-state index in [0.717, 1.165) is 0 Å². The molecule has 2 atom stereocenters. The van der Waals surface area contributed by atoms with Gasteiger partial charge in [0.05, 0.1) is 0 Å². The molecule has 0 N–H and O–H groups in total. The lowest BCUT2D eigenvalue weighted by molar-refractivity contribution is 0.791. The largest absolute Gasteiger partial charge is 0.171 e. The molecule has 0 bridgehead atoms. The average Bonchev–Trinajstić information content (AvgIpc) is 1.82. The smallest absolute Gasteiger partial charge is 0.163 e. The highest BCUT2D eigenvalue weighted by Crippen LogP contribution is 2.57. The molecule has 0 spiro atoms. The standard InChI is InChI=1S/C10H26BP2/c1-9(2,3)12(7)11-13(8)10(4,5)6/h12-13H,1-8H3/q+1. The Morgan fingerprint density at radius 3 is 1.08 bits per heavy atom. The zero-order chi connectivity index (χ0) is 10.9. The fourth-order valence-corrected chi connectivity index (χ4v) is 6.82. The molecule has 2 unspecified atom stereocenters. The fraction of sp³-hybridized carbons (Fsp3) is 1.00. The van der Waals surface area contributed by atoms with Gasteiger partial charge >= 0.3 is 0 Å². The van der Waals surface area contributed by atoms with Crippen LogP contribution in [0.4, 0.5) is 0 Å². The van der Waals surface area contributed by atoms with E-state index in [1.54, 1.807) is 0 Å². The summed E-state index contributed by atoms with van der Waals surface area (Å²) in [4.78, 5) is 0. The summed E-state index contributed by atoms with van der Waals surface area (Å²) in [7, 11) is -0.533. The van der Waals surface area contributed by atoms with Crippen LogP contribution in [-0.2, 0) is 0 Å². The molecule has 0 aliphatic rings. The Morgan fingerprint density at radius 2 is 0.923 bits per heavy atom. The van der Waals surface area contributed by atoms with Crippen molar-refractivity contribution in [2.75, 3.05) is 13.3 Å². The Hall–Kier alpha value is 0.925. The van der Waals surface area contributed by atoms with Gasteiger partial charge in [0.1, 0.15) is 0 Å². The summed E-state index contributed by atoms with van der Waals surface area (Å²) in [5.41, 5.74) is 0. The van der Waals surface area contributed by atoms with Crippen molar-refractivity contribution in [2.24, 2.45) is 0 Å². The van der Waals surface area contributed by atoms with Gasteiger partial charge in [-0.05, 0) is 41.5 Å². The summed E-state index contributed by atoms with van der Waals surface area (Å²) in [6.07, 6.45) is 0. The van der Waals surface area contributed by atoms with Crippen molar-refractivity contribution >= 4 is 22.3 Å². The van der Waals surface area contributed by atoms with Crippen molar-refractivity contribution in [3.63, 3.8) is 0 Å². The molecule has 0 nitrogen and oxygen atoms in total. The van der Waals surface area contributed by atoms with Crippen molar-refractivity contribution in [1.29, 1.82) is 0 Å². The molecule has 0 saturated heterocycles. The van der Waals surface area contributed by atoms with Gasteiger partial charge in [0, 0.05) is 23.6 Å². The highest BCUT2D eigenvalue weighted by Gasteiger charge is 2.28. The van der Waals surface area contributed by atoms with E-state index in [2.05, 4.69) is 61.6 Å². The second kappa shape index (κ2) is 4.63. The molecule has 3 heteroatoms. The van der Waals surface area contributed by atoms with Gasteiger partial charge in [0.2, 0.25) is 0 Å². The van der Waals surface area contributed by atoms with Gasteiger partial charge in [-0.25, -0.2) is 0 Å². The maximum atomic E-state index is 2.70. The zero-order valence-corrected chi connectivity index (χ0v) is 12.6. The van der Waals surface area contributed by atoms with Crippen molar-refractivity contribution in [3.8, 4) is 0 Å². The highest BCUT2D eigenvalue weighted by atomic mass is 31.2. The van der Waals surface area contributed by atoms with E-state index in [1.807, 2.05) is 0 Å². The molecule has 0 aromatic heterocycles. The molecular formula is C10H26BP2+. The van der Waals surface area contributed by atoms with Gasteiger partial charge in [-0.3, -0.25) is 0 Å². The predicted octanol–water partition coefficient (Wildman–Crippen LogP) is 3.81. The first-order chi connectivity index (χ1) is 5.55. The Labute approximate surface area is 87.9 Å². The normalized spacial score (nSPS) is 18.5. The van der Waals surface area contributed by atoms with Crippen LogP contribution in [0.5, 0.6) is 0 Å². The van der Waals surface area contributed by atoms with Crippen molar-refractivity contribution < 1.29 is 0 Å². The summed E-state index contributed by atoms with van der Waals surface area (Å²) in [5.74, 6) is 0. The molecule has 2 radical (unpaired) electrons. The minimum absolute atomic E-state index is 0.266. The fourth-order valence-electron chi connectivity index (χ4n) is 0.758. The van der Waals surface area contributed by atoms with Gasteiger partial charge in [0.15, 0.2) is 6.72 Å². The number of rotatable bonds is 2. The maximum Gasteiger partial charge on any atom is 0.163 e. The average molecular weight is 219 g/mol. The van der Waals surface area contributed by atoms with Crippen molar-refractivity contribution in [3.05, 3.63) is 0 Å². The van der Waals surface area contributed by atoms with Crippen LogP contribution in [0.2, 0.25) is 0 Å². The second-order valence-electron chi connectivity index (χ2n) is 6.01. The topological polar surface area (TPSA) is 0 Å². The van der Waals surface area contributed by atoms with Gasteiger partial charge in [-0.15, -0.1) is 0 Å². The van der Waals surface area contributed by atoms with E-state index >= 15 is 0 Å². The van der Waals surface area contributed by atoms with Crippen molar-refractivity contribution in [1.82, 2.24) is 0 Å². The monoisotopic (exact) mass is 219 g/mol. The molecule has 0 aliphatic carbocycles. The third kappa shape index (κ3) is 5.39. The lowest BCUT2D eigenvalue weighted by Gasteiger charge is -2.34. The SMILES string of the molecule is C[PH+]([B-][PH+](C)C(C)(C)C)C(C)(C)C. The summed E-state index contributed by atoms with van der Waals surface area (Å²) in [6.45, 7) is 21.8. The van der Waals surface area contributed by atoms with Gasteiger partial charge < -0.3 is 0 Å². The third-order valence-electron chi connectivity index (χ3n) is 2.80. The molecule has 0 aromatic rings. The highest BCUT2D eigenvalue weighted by molar-refractivity contribution is 8.15. The maximum absolute atomic E-state index is 2.70. The summed E-state index contributed by atoms with van der Waals surface area (Å²) >= 11 is 0. The lowest BCUT2D eigenvalue weighted by atomic mass is 10.2. The van der Waals surface area contributed by atoms with Crippen molar-refractivity contribution in [2.45, 2.75) is 51.9 Å². The first kappa shape index (κ1) is 13.9. The van der Waals surface area contributed by atoms with E-state index in [9.17, 15) is 0 Å². The molecule has 0 heterocycles. The minimum Gasteiger partial charge on any atom is -0.171 e. The Kier molecular flexibility index (Phi) is 4.96. The molecule has 0 aromatic carbocycles. The van der Waals surface area contributed by atoms with E-state index in [-0.39, 0.29) is 15.6 Å². The van der Waals surface area contributed by atoms with Crippen LogP contribution >= 0.6 is 15.6 Å². The van der Waals surface area contributed by atoms with Crippen LogP contribution < -0.4 is 0 Å². The number of hydrogen-bond donors (Lipinski definition) is 0. The zero-order valence-electron chi connectivity index (χ0n) is 10.6. The van der Waals surface area contributed by atoms with Crippen LogP contribution in [-0.4, -0.2) is 30.4 Å². The molecule has 0 fully saturated rings. The van der Waals surface area contributed by atoms with Crippen LogP contribution in [0.1, 0.15) is 41.5 Å². The van der Waals surface area contributed by atoms with E-state index in [0.29, 0.717) is 10.3 Å². The quantitative estimate of drug-likeness (QED) is 0.489. The molecule has 78 valence electrons. The summed E-state index contributed by atoms with van der Waals surface area (Å²) in [5, 5.41) is 1.06. The van der Waals surface area contributed by atoms with Crippen LogP contribution in [0, 0.1) is 0 Å². The lowest BCUT2D eigenvalue weighted by Crippen LogP contribution is -2.19. The summed E-state index contributed by atoms with van der Waals surface area (Å²) < 4.78 is 0. The Morgan fingerprint density at radius 1 is 0.692 bits per heavy atom. The van der Waals surface area contributed by atoms with Gasteiger partial charge in [-0.2, -0.15) is 15.6 Å². The Bertz CT molecular complexity index is 137. The first-order valence-corrected chi connectivity index (χ1v) is 9.23. The van der Waals surface area contributed by atoms with Gasteiger partial charge in [-0.1, -0.05) is 0 Å². The summed E-state index contributed by atoms with van der Waals surface area (Å²) in [6, 6.07) is 0. The predicted molar refractivity (Wildman–Crippen MR) is 73.7 cm³/mol. The van der Waals surface area contributed by atoms with E-state index < -0.39 is 0 Å². The molecule has 0 rings (SSSR count). The third-order valence-corrected chi connectivity index (χ3v) is 11.0. The van der Waals surface area contributed by atoms with Crippen LogP contribution in [0.15, 0.2) is 0 Å². The van der Waals surface area contributed by atoms with E-state index in [4.69, 9.17) is 0 Å². The second-order valence-corrected chi connectivity index (χ2v) is 12.9. The molecular weight excluding hydrogens is 193 g/mol. The molecule has 0 aliphatic heterocycles. The molecule has 0 amide bonds. The van der Waals surface area contributed by atoms with E-state index in [1.165, 1.54) is 0 Å². The minimum atomic E-state index is -0.266. The number of hydrogen-bond acceptors (Lipinski definition) is 0.